The number of carboxylic acid groups (broad SMARTS) is 1. The van der Waals surface area contributed by atoms with Crippen molar-refractivity contribution in [2.45, 2.75) is 0 Å². The molecule has 1 aromatic heterocycles. The van der Waals surface area contributed by atoms with Crippen molar-refractivity contribution in [2.24, 2.45) is 0 Å². The molecule has 5 heteroatoms. The summed E-state index contributed by atoms with van der Waals surface area (Å²) < 4.78 is 1.35. The number of carbonyl (C=O) groups is 1. The summed E-state index contributed by atoms with van der Waals surface area (Å²) in [7, 11) is 0. The second kappa shape index (κ2) is 3.74. The number of benzene rings is 1. The quantitative estimate of drug-likeness (QED) is 0.848. The summed E-state index contributed by atoms with van der Waals surface area (Å²) in [5, 5.41) is 13.4. The van der Waals surface area contributed by atoms with E-state index >= 15 is 0 Å². The maximum atomic E-state index is 10.8. The molecule has 0 aliphatic heterocycles. The zero-order valence-electron chi connectivity index (χ0n) is 7.59. The first-order valence-electron chi connectivity index (χ1n) is 4.22. The van der Waals surface area contributed by atoms with Crippen LogP contribution in [0.3, 0.4) is 0 Å². The van der Waals surface area contributed by atoms with Crippen molar-refractivity contribution in [3.8, 4) is 5.69 Å². The van der Waals surface area contributed by atoms with Gasteiger partial charge in [-0.05, 0) is 30.3 Å². The van der Waals surface area contributed by atoms with E-state index in [4.69, 9.17) is 16.7 Å². The zero-order chi connectivity index (χ0) is 10.8. The largest absolute Gasteiger partial charge is 0.477 e. The van der Waals surface area contributed by atoms with Gasteiger partial charge in [-0.25, -0.2) is 9.48 Å². The van der Waals surface area contributed by atoms with Crippen molar-refractivity contribution in [1.29, 1.82) is 0 Å². The monoisotopic (exact) mass is 222 g/mol. The van der Waals surface area contributed by atoms with Crippen LogP contribution in [0.1, 0.15) is 10.5 Å². The van der Waals surface area contributed by atoms with Crippen LogP contribution in [-0.4, -0.2) is 20.9 Å². The molecule has 0 amide bonds. The van der Waals surface area contributed by atoms with Gasteiger partial charge in [-0.2, -0.15) is 5.10 Å². The molecule has 0 fully saturated rings. The molecular weight excluding hydrogens is 216 g/mol. The Balaban J connectivity index is 2.49. The molecule has 0 aliphatic carbocycles. The lowest BCUT2D eigenvalue weighted by molar-refractivity contribution is 0.0687. The first kappa shape index (κ1) is 9.73. The highest BCUT2D eigenvalue weighted by molar-refractivity contribution is 6.30. The minimum Gasteiger partial charge on any atom is -0.477 e. The average Bonchev–Trinajstić information content (AvgIpc) is 2.67. The molecule has 4 nitrogen and oxygen atoms in total. The first-order chi connectivity index (χ1) is 7.18. The van der Waals surface area contributed by atoms with Gasteiger partial charge in [0.15, 0.2) is 5.69 Å². The van der Waals surface area contributed by atoms with Crippen LogP contribution in [-0.2, 0) is 0 Å². The van der Waals surface area contributed by atoms with Crippen LogP contribution in [0.2, 0.25) is 5.02 Å². The molecule has 0 aliphatic rings. The highest BCUT2D eigenvalue weighted by atomic mass is 35.5. The van der Waals surface area contributed by atoms with E-state index in [1.165, 1.54) is 16.9 Å². The van der Waals surface area contributed by atoms with E-state index in [0.717, 1.165) is 0 Å². The van der Waals surface area contributed by atoms with E-state index in [9.17, 15) is 4.79 Å². The van der Waals surface area contributed by atoms with Gasteiger partial charge in [0.1, 0.15) is 0 Å². The molecule has 0 unspecified atom stereocenters. The minimum atomic E-state index is -1.01. The molecule has 1 heterocycles. The number of halogens is 1. The Hall–Kier alpha value is -1.81. The van der Waals surface area contributed by atoms with E-state index in [1.807, 2.05) is 0 Å². The van der Waals surface area contributed by atoms with Crippen LogP contribution in [0.5, 0.6) is 0 Å². The molecule has 0 atom stereocenters. The van der Waals surface area contributed by atoms with E-state index in [1.54, 1.807) is 24.3 Å². The standard InChI is InChI=1S/C10H7ClN2O2/c11-7-1-3-8(4-2-7)13-9(10(14)15)5-6-12-13/h1-6H,(H,14,15). The summed E-state index contributed by atoms with van der Waals surface area (Å²) in [5.41, 5.74) is 0.791. The Bertz CT molecular complexity index is 490. The fraction of sp³-hybridized carbons (Fsp3) is 0. The van der Waals surface area contributed by atoms with Crippen LogP contribution in [0.15, 0.2) is 36.5 Å². The van der Waals surface area contributed by atoms with Gasteiger partial charge in [0.25, 0.3) is 0 Å². The fourth-order valence-corrected chi connectivity index (χ4v) is 1.38. The maximum absolute atomic E-state index is 10.8. The van der Waals surface area contributed by atoms with Gasteiger partial charge in [0.05, 0.1) is 11.9 Å². The van der Waals surface area contributed by atoms with Crippen LogP contribution in [0, 0.1) is 0 Å². The maximum Gasteiger partial charge on any atom is 0.354 e. The summed E-state index contributed by atoms with van der Waals surface area (Å²) in [6.45, 7) is 0. The molecule has 0 saturated carbocycles. The van der Waals surface area contributed by atoms with Crippen LogP contribution < -0.4 is 0 Å². The van der Waals surface area contributed by atoms with Gasteiger partial charge in [-0.1, -0.05) is 11.6 Å². The molecular formula is C10H7ClN2O2. The fourth-order valence-electron chi connectivity index (χ4n) is 1.25. The molecule has 0 saturated heterocycles. The third kappa shape index (κ3) is 1.85. The summed E-state index contributed by atoms with van der Waals surface area (Å²) in [6.07, 6.45) is 1.44. The van der Waals surface area contributed by atoms with Gasteiger partial charge in [-0.3, -0.25) is 0 Å². The number of aromatic nitrogens is 2. The van der Waals surface area contributed by atoms with Crippen molar-refractivity contribution >= 4 is 17.6 Å². The Morgan fingerprint density at radius 3 is 2.53 bits per heavy atom. The Morgan fingerprint density at radius 2 is 1.93 bits per heavy atom. The minimum absolute atomic E-state index is 0.123. The molecule has 0 spiro atoms. The number of aromatic carboxylic acids is 1. The van der Waals surface area contributed by atoms with Gasteiger partial charge in [0.2, 0.25) is 0 Å². The highest BCUT2D eigenvalue weighted by Gasteiger charge is 2.10. The lowest BCUT2D eigenvalue weighted by Crippen LogP contribution is -2.07. The molecule has 1 aromatic carbocycles. The smallest absolute Gasteiger partial charge is 0.354 e. The van der Waals surface area contributed by atoms with Gasteiger partial charge in [0, 0.05) is 5.02 Å². The predicted octanol–water partition coefficient (Wildman–Crippen LogP) is 2.22. The van der Waals surface area contributed by atoms with E-state index < -0.39 is 5.97 Å². The molecule has 1 N–H and O–H groups in total. The van der Waals surface area contributed by atoms with Crippen molar-refractivity contribution < 1.29 is 9.90 Å². The number of hydrogen-bond donors (Lipinski definition) is 1. The molecule has 2 aromatic rings. The van der Waals surface area contributed by atoms with Crippen LogP contribution in [0.4, 0.5) is 0 Å². The normalized spacial score (nSPS) is 10.2. The summed E-state index contributed by atoms with van der Waals surface area (Å²) in [6, 6.07) is 8.23. The third-order valence-corrected chi connectivity index (χ3v) is 2.19. The van der Waals surface area contributed by atoms with Crippen molar-refractivity contribution in [2.75, 3.05) is 0 Å². The molecule has 0 bridgehead atoms. The highest BCUT2D eigenvalue weighted by Crippen LogP contribution is 2.14. The number of nitrogens with zero attached hydrogens (tertiary/aromatic N) is 2. The van der Waals surface area contributed by atoms with E-state index in [-0.39, 0.29) is 5.69 Å². The molecule has 2 rings (SSSR count). The zero-order valence-corrected chi connectivity index (χ0v) is 8.35. The topological polar surface area (TPSA) is 55.1 Å². The lowest BCUT2D eigenvalue weighted by atomic mass is 10.3. The SMILES string of the molecule is O=C(O)c1ccnn1-c1ccc(Cl)cc1. The van der Waals surface area contributed by atoms with Crippen LogP contribution >= 0.6 is 11.6 Å². The Kier molecular flexibility index (Phi) is 2.43. The van der Waals surface area contributed by atoms with Gasteiger partial charge >= 0.3 is 5.97 Å². The van der Waals surface area contributed by atoms with E-state index in [0.29, 0.717) is 10.7 Å². The number of rotatable bonds is 2. The van der Waals surface area contributed by atoms with Crippen molar-refractivity contribution in [1.82, 2.24) is 9.78 Å². The van der Waals surface area contributed by atoms with Gasteiger partial charge in [-0.15, -0.1) is 0 Å². The average molecular weight is 223 g/mol. The first-order valence-corrected chi connectivity index (χ1v) is 4.59. The Labute approximate surface area is 90.7 Å². The summed E-state index contributed by atoms with van der Waals surface area (Å²) in [4.78, 5) is 10.8. The van der Waals surface area contributed by atoms with Crippen LogP contribution in [0.25, 0.3) is 5.69 Å². The molecule has 76 valence electrons. The Morgan fingerprint density at radius 1 is 1.27 bits per heavy atom. The van der Waals surface area contributed by atoms with E-state index in [2.05, 4.69) is 5.10 Å². The lowest BCUT2D eigenvalue weighted by Gasteiger charge is -2.03. The number of hydrogen-bond acceptors (Lipinski definition) is 2. The second-order valence-corrected chi connectivity index (χ2v) is 3.35. The van der Waals surface area contributed by atoms with Gasteiger partial charge < -0.3 is 5.11 Å². The predicted molar refractivity (Wildman–Crippen MR) is 55.5 cm³/mol. The molecule has 0 radical (unpaired) electrons. The second-order valence-electron chi connectivity index (χ2n) is 2.91. The third-order valence-electron chi connectivity index (χ3n) is 1.93. The molecule has 15 heavy (non-hydrogen) atoms. The van der Waals surface area contributed by atoms with Crippen molar-refractivity contribution in [3.63, 3.8) is 0 Å². The summed E-state index contributed by atoms with van der Waals surface area (Å²) >= 11 is 5.73. The summed E-state index contributed by atoms with van der Waals surface area (Å²) in [5.74, 6) is -1.01. The number of carboxylic acids is 1. The van der Waals surface area contributed by atoms with Crippen molar-refractivity contribution in [3.05, 3.63) is 47.2 Å².